The second-order valence-corrected chi connectivity index (χ2v) is 4.58. The van der Waals surface area contributed by atoms with Crippen molar-refractivity contribution in [1.29, 1.82) is 0 Å². The molecule has 0 heterocycles. The Bertz CT molecular complexity index is 434. The van der Waals surface area contributed by atoms with Crippen LogP contribution in [-0.4, -0.2) is 43.5 Å². The molecule has 1 aromatic carbocycles. The topological polar surface area (TPSA) is 58.6 Å². The van der Waals surface area contributed by atoms with E-state index < -0.39 is 0 Å². The number of carbonyl (C=O) groups is 2. The molecule has 0 spiro atoms. The van der Waals surface area contributed by atoms with Gasteiger partial charge in [0.05, 0.1) is 12.6 Å². The summed E-state index contributed by atoms with van der Waals surface area (Å²) in [6, 6.07) is 9.52. The van der Waals surface area contributed by atoms with Gasteiger partial charge < -0.3 is 15.0 Å². The van der Waals surface area contributed by atoms with Crippen molar-refractivity contribution in [2.75, 3.05) is 26.8 Å². The average molecular weight is 278 g/mol. The number of benzene rings is 1. The van der Waals surface area contributed by atoms with Crippen LogP contribution in [-0.2, 0) is 14.3 Å². The third-order valence-electron chi connectivity index (χ3n) is 3.10. The maximum Gasteiger partial charge on any atom is 0.239 e. The normalized spacial score (nSPS) is 11.8. The van der Waals surface area contributed by atoms with Crippen molar-refractivity contribution in [3.8, 4) is 0 Å². The SMILES string of the molecule is COCCNC(=O)CN(C(C)=O)C(C)c1ccccc1. The number of hydrogen-bond acceptors (Lipinski definition) is 3. The van der Waals surface area contributed by atoms with E-state index in [1.54, 1.807) is 12.0 Å². The lowest BCUT2D eigenvalue weighted by atomic mass is 10.1. The van der Waals surface area contributed by atoms with E-state index in [4.69, 9.17) is 4.74 Å². The van der Waals surface area contributed by atoms with Crippen LogP contribution in [0.5, 0.6) is 0 Å². The van der Waals surface area contributed by atoms with Crippen molar-refractivity contribution in [2.24, 2.45) is 0 Å². The zero-order valence-corrected chi connectivity index (χ0v) is 12.3. The molecule has 0 aromatic heterocycles. The molecule has 0 saturated carbocycles. The van der Waals surface area contributed by atoms with Gasteiger partial charge in [0.15, 0.2) is 0 Å². The van der Waals surface area contributed by atoms with Gasteiger partial charge in [0.2, 0.25) is 11.8 Å². The van der Waals surface area contributed by atoms with Crippen LogP contribution in [0.15, 0.2) is 30.3 Å². The van der Waals surface area contributed by atoms with E-state index in [-0.39, 0.29) is 24.4 Å². The third kappa shape index (κ3) is 5.01. The number of methoxy groups -OCH3 is 1. The first kappa shape index (κ1) is 16.2. The minimum absolute atomic E-state index is 0.0507. The van der Waals surface area contributed by atoms with Gasteiger partial charge in [-0.3, -0.25) is 9.59 Å². The Kier molecular flexibility index (Phi) is 6.73. The van der Waals surface area contributed by atoms with Gasteiger partial charge in [-0.1, -0.05) is 30.3 Å². The summed E-state index contributed by atoms with van der Waals surface area (Å²) in [5, 5.41) is 2.72. The highest BCUT2D eigenvalue weighted by Gasteiger charge is 2.20. The van der Waals surface area contributed by atoms with Crippen LogP contribution in [0.4, 0.5) is 0 Å². The van der Waals surface area contributed by atoms with Gasteiger partial charge in [-0.25, -0.2) is 0 Å². The molecular formula is C15H22N2O3. The minimum atomic E-state index is -0.181. The highest BCUT2D eigenvalue weighted by molar-refractivity contribution is 5.84. The van der Waals surface area contributed by atoms with Crippen LogP contribution in [0.1, 0.15) is 25.5 Å². The Balaban J connectivity index is 2.65. The summed E-state index contributed by atoms with van der Waals surface area (Å²) in [5.74, 6) is -0.303. The molecule has 5 heteroatoms. The summed E-state index contributed by atoms with van der Waals surface area (Å²) in [5.41, 5.74) is 1.01. The number of amides is 2. The van der Waals surface area contributed by atoms with Gasteiger partial charge in [0.25, 0.3) is 0 Å². The van der Waals surface area contributed by atoms with Crippen LogP contribution in [0.2, 0.25) is 0 Å². The van der Waals surface area contributed by atoms with Crippen molar-refractivity contribution >= 4 is 11.8 Å². The molecule has 1 atom stereocenters. The molecule has 1 N–H and O–H groups in total. The van der Waals surface area contributed by atoms with E-state index in [2.05, 4.69) is 5.32 Å². The highest BCUT2D eigenvalue weighted by Crippen LogP contribution is 2.19. The Morgan fingerprint density at radius 2 is 1.95 bits per heavy atom. The number of ether oxygens (including phenoxy) is 1. The van der Waals surface area contributed by atoms with Gasteiger partial charge >= 0.3 is 0 Å². The quantitative estimate of drug-likeness (QED) is 0.766. The number of rotatable bonds is 7. The monoisotopic (exact) mass is 278 g/mol. The molecule has 0 radical (unpaired) electrons. The first-order valence-corrected chi connectivity index (χ1v) is 6.64. The number of hydrogen-bond donors (Lipinski definition) is 1. The van der Waals surface area contributed by atoms with E-state index in [0.717, 1.165) is 5.56 Å². The summed E-state index contributed by atoms with van der Waals surface area (Å²) in [4.78, 5) is 25.1. The summed E-state index contributed by atoms with van der Waals surface area (Å²) >= 11 is 0. The molecule has 110 valence electrons. The van der Waals surface area contributed by atoms with E-state index in [1.807, 2.05) is 37.3 Å². The van der Waals surface area contributed by atoms with Gasteiger partial charge in [0.1, 0.15) is 6.54 Å². The van der Waals surface area contributed by atoms with Crippen LogP contribution < -0.4 is 5.32 Å². The van der Waals surface area contributed by atoms with Gasteiger partial charge in [-0.2, -0.15) is 0 Å². The van der Waals surface area contributed by atoms with Crippen LogP contribution in [0, 0.1) is 0 Å². The van der Waals surface area contributed by atoms with Crippen molar-refractivity contribution in [3.05, 3.63) is 35.9 Å². The van der Waals surface area contributed by atoms with Gasteiger partial charge in [0, 0.05) is 20.6 Å². The molecule has 1 aromatic rings. The molecule has 20 heavy (non-hydrogen) atoms. The lowest BCUT2D eigenvalue weighted by Crippen LogP contribution is -2.41. The Morgan fingerprint density at radius 3 is 2.50 bits per heavy atom. The van der Waals surface area contributed by atoms with Crippen LogP contribution >= 0.6 is 0 Å². The molecule has 0 bridgehead atoms. The number of nitrogens with zero attached hydrogens (tertiary/aromatic N) is 1. The van der Waals surface area contributed by atoms with Gasteiger partial charge in [-0.15, -0.1) is 0 Å². The molecule has 0 saturated heterocycles. The van der Waals surface area contributed by atoms with Crippen molar-refractivity contribution < 1.29 is 14.3 Å². The Morgan fingerprint density at radius 1 is 1.30 bits per heavy atom. The Labute approximate surface area is 119 Å². The average Bonchev–Trinajstić information content (AvgIpc) is 2.45. The molecule has 0 aliphatic heterocycles. The van der Waals surface area contributed by atoms with E-state index in [1.165, 1.54) is 6.92 Å². The van der Waals surface area contributed by atoms with Gasteiger partial charge in [-0.05, 0) is 12.5 Å². The van der Waals surface area contributed by atoms with Crippen LogP contribution in [0.3, 0.4) is 0 Å². The first-order valence-electron chi connectivity index (χ1n) is 6.64. The second kappa shape index (κ2) is 8.32. The lowest BCUT2D eigenvalue weighted by molar-refractivity contribution is -0.136. The molecule has 0 aliphatic carbocycles. The van der Waals surface area contributed by atoms with E-state index in [0.29, 0.717) is 13.2 Å². The highest BCUT2D eigenvalue weighted by atomic mass is 16.5. The van der Waals surface area contributed by atoms with E-state index >= 15 is 0 Å². The molecule has 1 rings (SSSR count). The first-order chi connectivity index (χ1) is 9.56. The molecular weight excluding hydrogens is 256 g/mol. The standard InChI is InChI=1S/C15H22N2O3/c1-12(14-7-5-4-6-8-14)17(13(2)18)11-15(19)16-9-10-20-3/h4-8,12H,9-11H2,1-3H3,(H,16,19). The third-order valence-corrected chi connectivity index (χ3v) is 3.10. The molecule has 1 unspecified atom stereocenters. The summed E-state index contributed by atoms with van der Waals surface area (Å²) in [6.45, 7) is 4.34. The van der Waals surface area contributed by atoms with Crippen molar-refractivity contribution in [2.45, 2.75) is 19.9 Å². The second-order valence-electron chi connectivity index (χ2n) is 4.58. The maximum absolute atomic E-state index is 11.8. The molecule has 5 nitrogen and oxygen atoms in total. The maximum atomic E-state index is 11.8. The summed E-state index contributed by atoms with van der Waals surface area (Å²) in [6.07, 6.45) is 0. The smallest absolute Gasteiger partial charge is 0.239 e. The predicted molar refractivity (Wildman–Crippen MR) is 77.1 cm³/mol. The minimum Gasteiger partial charge on any atom is -0.383 e. The fourth-order valence-corrected chi connectivity index (χ4v) is 1.94. The van der Waals surface area contributed by atoms with E-state index in [9.17, 15) is 9.59 Å². The Hall–Kier alpha value is -1.88. The lowest BCUT2D eigenvalue weighted by Gasteiger charge is -2.28. The largest absolute Gasteiger partial charge is 0.383 e. The fourth-order valence-electron chi connectivity index (χ4n) is 1.94. The predicted octanol–water partition coefficient (Wildman–Crippen LogP) is 1.36. The molecule has 2 amide bonds. The zero-order chi connectivity index (χ0) is 15.0. The molecule has 0 aliphatic rings. The van der Waals surface area contributed by atoms with Crippen molar-refractivity contribution in [3.63, 3.8) is 0 Å². The fraction of sp³-hybridized carbons (Fsp3) is 0.467. The molecule has 0 fully saturated rings. The summed E-state index contributed by atoms with van der Waals surface area (Å²) in [7, 11) is 1.57. The van der Waals surface area contributed by atoms with Crippen molar-refractivity contribution in [1.82, 2.24) is 10.2 Å². The van der Waals surface area contributed by atoms with Crippen LogP contribution in [0.25, 0.3) is 0 Å². The zero-order valence-electron chi connectivity index (χ0n) is 12.3. The number of nitrogens with one attached hydrogen (secondary N) is 1. The summed E-state index contributed by atoms with van der Waals surface area (Å²) < 4.78 is 4.87. The number of carbonyl (C=O) groups excluding carboxylic acids is 2.